The van der Waals surface area contributed by atoms with Crippen LogP contribution in [0.25, 0.3) is 0 Å². The first-order chi connectivity index (χ1) is 26.6. The van der Waals surface area contributed by atoms with Crippen LogP contribution in [0.5, 0.6) is 5.75 Å². The van der Waals surface area contributed by atoms with Crippen LogP contribution in [0.4, 0.5) is 23.1 Å². The average molecular weight is 751 g/mol. The molecule has 15 nitrogen and oxygen atoms in total. The molecule has 2 fully saturated rings. The minimum absolute atomic E-state index is 0.0508. The molecule has 1 aliphatic carbocycles. The van der Waals surface area contributed by atoms with Crippen LogP contribution >= 0.6 is 0 Å². The first-order valence-electron chi connectivity index (χ1n) is 19.1. The molecule has 288 valence electrons. The lowest BCUT2D eigenvalue weighted by Gasteiger charge is -2.43. The first-order valence-corrected chi connectivity index (χ1v) is 19.1. The highest BCUT2D eigenvalue weighted by molar-refractivity contribution is 6.24. The fourth-order valence-electron chi connectivity index (χ4n) is 8.21. The quantitative estimate of drug-likeness (QED) is 0.168. The van der Waals surface area contributed by atoms with Gasteiger partial charge in [-0.15, -0.1) is 0 Å². The molecule has 6 amide bonds. The van der Waals surface area contributed by atoms with Crippen LogP contribution in [-0.2, 0) is 20.8 Å². The number of aryl methyl sites for hydroxylation is 1. The number of piperidine rings is 1. The SMILES string of the molecule is CC[C@@H]1C(=O)N(C)c2cnc(Nc3ccc(C(=O)NCCCCCc4cccc5c4C(=O)N(C4CCC(=O)NC4=O)C5=O)cc3OC)nc2N1C1CCCC1. The van der Waals surface area contributed by atoms with Crippen LogP contribution in [0.1, 0.15) is 108 Å². The molecule has 0 radical (unpaired) electrons. The highest BCUT2D eigenvalue weighted by Gasteiger charge is 2.45. The number of amides is 6. The number of hydrogen-bond donors (Lipinski definition) is 3. The number of imide groups is 2. The summed E-state index contributed by atoms with van der Waals surface area (Å²) in [6.07, 6.45) is 9.55. The normalized spacial score (nSPS) is 19.8. The molecule has 4 aliphatic rings. The zero-order valence-corrected chi connectivity index (χ0v) is 31.4. The third-order valence-electron chi connectivity index (χ3n) is 11.1. The molecule has 0 spiro atoms. The van der Waals surface area contributed by atoms with Crippen LogP contribution in [0.3, 0.4) is 0 Å². The molecule has 1 saturated heterocycles. The molecule has 3 aromatic rings. The Morgan fingerprint density at radius 2 is 1.80 bits per heavy atom. The van der Waals surface area contributed by atoms with E-state index in [1.165, 1.54) is 7.11 Å². The predicted molar refractivity (Wildman–Crippen MR) is 204 cm³/mol. The van der Waals surface area contributed by atoms with E-state index < -0.39 is 29.7 Å². The summed E-state index contributed by atoms with van der Waals surface area (Å²) < 4.78 is 5.64. The maximum absolute atomic E-state index is 13.4. The van der Waals surface area contributed by atoms with Crippen LogP contribution in [0.2, 0.25) is 0 Å². The smallest absolute Gasteiger partial charge is 0.262 e. The van der Waals surface area contributed by atoms with Gasteiger partial charge in [0.1, 0.15) is 23.5 Å². The van der Waals surface area contributed by atoms with Crippen molar-refractivity contribution >= 4 is 58.6 Å². The number of carbonyl (C=O) groups is 6. The second kappa shape index (κ2) is 15.9. The second-order valence-electron chi connectivity index (χ2n) is 14.5. The lowest BCUT2D eigenvalue weighted by Crippen LogP contribution is -2.55. The Balaban J connectivity index is 0.932. The van der Waals surface area contributed by atoms with Crippen LogP contribution in [-0.4, -0.2) is 89.1 Å². The van der Waals surface area contributed by atoms with Gasteiger partial charge in [0.15, 0.2) is 5.82 Å². The molecule has 1 saturated carbocycles. The van der Waals surface area contributed by atoms with Gasteiger partial charge >= 0.3 is 0 Å². The molecule has 55 heavy (non-hydrogen) atoms. The Labute approximate surface area is 319 Å². The number of aromatic nitrogens is 2. The van der Waals surface area contributed by atoms with Gasteiger partial charge in [-0.3, -0.25) is 39.0 Å². The van der Waals surface area contributed by atoms with Crippen molar-refractivity contribution in [3.8, 4) is 5.75 Å². The number of likely N-dealkylation sites (N-methyl/N-ethyl adjacent to an activating group) is 1. The van der Waals surface area contributed by atoms with E-state index in [0.29, 0.717) is 60.0 Å². The molecule has 1 unspecified atom stereocenters. The largest absolute Gasteiger partial charge is 0.495 e. The van der Waals surface area contributed by atoms with Crippen molar-refractivity contribution in [1.29, 1.82) is 0 Å². The molecular weight excluding hydrogens is 704 g/mol. The lowest BCUT2D eigenvalue weighted by atomic mass is 9.98. The summed E-state index contributed by atoms with van der Waals surface area (Å²) in [5.74, 6) is -0.736. The van der Waals surface area contributed by atoms with Gasteiger partial charge in [0.2, 0.25) is 23.7 Å². The van der Waals surface area contributed by atoms with Crippen molar-refractivity contribution in [3.63, 3.8) is 0 Å². The molecule has 2 aromatic carbocycles. The van der Waals surface area contributed by atoms with E-state index in [4.69, 9.17) is 9.72 Å². The average Bonchev–Trinajstić information content (AvgIpc) is 3.81. The molecule has 1 aromatic heterocycles. The Kier molecular flexibility index (Phi) is 10.8. The van der Waals surface area contributed by atoms with Gasteiger partial charge < -0.3 is 25.2 Å². The van der Waals surface area contributed by atoms with E-state index in [9.17, 15) is 28.8 Å². The van der Waals surface area contributed by atoms with E-state index in [2.05, 4.69) is 25.8 Å². The van der Waals surface area contributed by atoms with Gasteiger partial charge in [0.25, 0.3) is 17.7 Å². The van der Waals surface area contributed by atoms with E-state index in [0.717, 1.165) is 54.8 Å². The Bertz CT molecular complexity index is 2050. The molecule has 3 aliphatic heterocycles. The molecule has 2 atom stereocenters. The number of nitrogens with one attached hydrogen (secondary N) is 3. The number of carbonyl (C=O) groups excluding carboxylic acids is 6. The number of benzene rings is 2. The Hall–Kier alpha value is -5.86. The van der Waals surface area contributed by atoms with E-state index in [1.54, 1.807) is 48.5 Å². The van der Waals surface area contributed by atoms with Crippen molar-refractivity contribution < 1.29 is 33.5 Å². The van der Waals surface area contributed by atoms with E-state index in [1.807, 2.05) is 13.0 Å². The summed E-state index contributed by atoms with van der Waals surface area (Å²) in [7, 11) is 3.30. The number of anilines is 4. The monoisotopic (exact) mass is 750 g/mol. The van der Waals surface area contributed by atoms with Crippen molar-refractivity contribution in [2.24, 2.45) is 0 Å². The van der Waals surface area contributed by atoms with Crippen molar-refractivity contribution in [2.75, 3.05) is 35.8 Å². The highest BCUT2D eigenvalue weighted by atomic mass is 16.5. The number of ether oxygens (including phenoxy) is 1. The van der Waals surface area contributed by atoms with Gasteiger partial charge in [-0.25, -0.2) is 4.98 Å². The summed E-state index contributed by atoms with van der Waals surface area (Å²) >= 11 is 0. The van der Waals surface area contributed by atoms with Crippen molar-refractivity contribution in [2.45, 2.75) is 95.7 Å². The Morgan fingerprint density at radius 1 is 1.00 bits per heavy atom. The third-order valence-corrected chi connectivity index (χ3v) is 11.1. The maximum Gasteiger partial charge on any atom is 0.262 e. The molecule has 7 rings (SSSR count). The topological polar surface area (TPSA) is 183 Å². The number of methoxy groups -OCH3 is 1. The third kappa shape index (κ3) is 7.22. The minimum atomic E-state index is -1.00. The van der Waals surface area contributed by atoms with Crippen molar-refractivity contribution in [1.82, 2.24) is 25.5 Å². The summed E-state index contributed by atoms with van der Waals surface area (Å²) in [6, 6.07) is 9.22. The molecular formula is C40H46N8O7. The first kappa shape index (κ1) is 37.5. The molecule has 0 bridgehead atoms. The van der Waals surface area contributed by atoms with Crippen LogP contribution in [0.15, 0.2) is 42.6 Å². The number of unbranched alkanes of at least 4 members (excludes halogenated alkanes) is 2. The number of rotatable bonds is 13. The summed E-state index contributed by atoms with van der Waals surface area (Å²) in [6.45, 7) is 2.46. The molecule has 15 heteroatoms. The lowest BCUT2D eigenvalue weighted by molar-refractivity contribution is -0.136. The van der Waals surface area contributed by atoms with Gasteiger partial charge in [-0.2, -0.15) is 4.98 Å². The molecule has 4 heterocycles. The zero-order valence-electron chi connectivity index (χ0n) is 31.4. The predicted octanol–water partition coefficient (Wildman–Crippen LogP) is 4.28. The van der Waals surface area contributed by atoms with Gasteiger partial charge in [-0.1, -0.05) is 38.3 Å². The number of fused-ring (bicyclic) bond motifs is 2. The Morgan fingerprint density at radius 3 is 2.55 bits per heavy atom. The van der Waals surface area contributed by atoms with Crippen LogP contribution < -0.4 is 30.5 Å². The standard InChI is InChI=1S/C40H46N8O7/c1-4-28-38(53)46(2)30-22-42-40(45-34(30)47(28)25-13-7-8-14-25)43-27-17-16-24(21-31(27)55-3)35(50)41-20-9-5-6-11-23-12-10-15-26-33(23)39(54)48(37(26)52)29-18-19-32(49)44-36(29)51/h10,12,15-17,21-22,25,28-29H,4-9,11,13-14,18-20H2,1-3H3,(H,41,50)(H,42,43,45)(H,44,49,51)/t28-,29?/m1/s1. The van der Waals surface area contributed by atoms with Crippen molar-refractivity contribution in [3.05, 3.63) is 64.8 Å². The van der Waals surface area contributed by atoms with Gasteiger partial charge in [-0.05, 0) is 74.8 Å². The second-order valence-corrected chi connectivity index (χ2v) is 14.5. The minimum Gasteiger partial charge on any atom is -0.495 e. The summed E-state index contributed by atoms with van der Waals surface area (Å²) in [5.41, 5.74) is 3.01. The summed E-state index contributed by atoms with van der Waals surface area (Å²) in [4.78, 5) is 91.1. The highest BCUT2D eigenvalue weighted by Crippen LogP contribution is 2.40. The fraction of sp³-hybridized carbons (Fsp3) is 0.450. The molecule has 3 N–H and O–H groups in total. The zero-order chi connectivity index (χ0) is 38.8. The van der Waals surface area contributed by atoms with E-state index >= 15 is 0 Å². The van der Waals surface area contributed by atoms with Gasteiger partial charge in [0, 0.05) is 31.6 Å². The van der Waals surface area contributed by atoms with Crippen LogP contribution in [0, 0.1) is 0 Å². The van der Waals surface area contributed by atoms with E-state index in [-0.39, 0.29) is 42.3 Å². The van der Waals surface area contributed by atoms with Gasteiger partial charge in [0.05, 0.1) is 30.1 Å². The maximum atomic E-state index is 13.4. The number of nitrogens with zero attached hydrogens (tertiary/aromatic N) is 5. The summed E-state index contributed by atoms with van der Waals surface area (Å²) in [5, 5.41) is 8.43. The number of hydrogen-bond acceptors (Lipinski definition) is 11. The fourth-order valence-corrected chi connectivity index (χ4v) is 8.21.